The van der Waals surface area contributed by atoms with E-state index in [-0.39, 0.29) is 5.91 Å². The van der Waals surface area contributed by atoms with Gasteiger partial charge in [-0.2, -0.15) is 10.1 Å². The maximum absolute atomic E-state index is 11.9. The number of piperazine rings is 1. The van der Waals surface area contributed by atoms with Gasteiger partial charge in [0.2, 0.25) is 11.8 Å². The van der Waals surface area contributed by atoms with Crippen LogP contribution in [0.1, 0.15) is 17.4 Å². The number of carbonyl (C=O) groups is 1. The van der Waals surface area contributed by atoms with Gasteiger partial charge in [0, 0.05) is 45.8 Å². The van der Waals surface area contributed by atoms with Crippen LogP contribution in [0.25, 0.3) is 0 Å². The van der Waals surface area contributed by atoms with Gasteiger partial charge in [-0.25, -0.2) is 4.98 Å². The van der Waals surface area contributed by atoms with Gasteiger partial charge in [0.15, 0.2) is 5.69 Å². The van der Waals surface area contributed by atoms with Gasteiger partial charge in [0.25, 0.3) is 5.91 Å². The second kappa shape index (κ2) is 8.57. The number of nitrogens with one attached hydrogen (secondary N) is 1. The number of aromatic nitrogens is 4. The fraction of sp³-hybridized carbons (Fsp3) is 0.529. The molecule has 146 valence electrons. The molecule has 0 aromatic carbocycles. The maximum atomic E-state index is 11.9. The Hall–Kier alpha value is -2.33. The van der Waals surface area contributed by atoms with Crippen LogP contribution < -0.4 is 15.0 Å². The van der Waals surface area contributed by atoms with Crippen molar-refractivity contribution in [3.05, 3.63) is 18.0 Å². The maximum Gasteiger partial charge on any atom is 0.271 e. The smallest absolute Gasteiger partial charge is 0.271 e. The van der Waals surface area contributed by atoms with Crippen LogP contribution >= 0.6 is 11.8 Å². The van der Waals surface area contributed by atoms with Crippen molar-refractivity contribution in [2.45, 2.75) is 23.4 Å². The van der Waals surface area contributed by atoms with Crippen LogP contribution in [-0.4, -0.2) is 77.9 Å². The lowest BCUT2D eigenvalue weighted by Gasteiger charge is -2.32. The van der Waals surface area contributed by atoms with Crippen LogP contribution in [0.15, 0.2) is 22.2 Å². The zero-order valence-electron chi connectivity index (χ0n) is 16.1. The Morgan fingerprint density at radius 2 is 2.07 bits per heavy atom. The van der Waals surface area contributed by atoms with Gasteiger partial charge in [-0.05, 0) is 14.0 Å². The zero-order valence-corrected chi connectivity index (χ0v) is 16.9. The van der Waals surface area contributed by atoms with Crippen molar-refractivity contribution in [1.29, 1.82) is 0 Å². The summed E-state index contributed by atoms with van der Waals surface area (Å²) in [6, 6.07) is 1.76. The Kier molecular flexibility index (Phi) is 6.17. The minimum absolute atomic E-state index is 0.210. The highest BCUT2D eigenvalue weighted by molar-refractivity contribution is 7.99. The molecule has 1 fully saturated rings. The molecule has 0 atom stereocenters. The number of hydrogen-bond donors (Lipinski definition) is 1. The second-order valence-electron chi connectivity index (χ2n) is 6.20. The third kappa shape index (κ3) is 4.33. The summed E-state index contributed by atoms with van der Waals surface area (Å²) < 4.78 is 7.28. The summed E-state index contributed by atoms with van der Waals surface area (Å²) in [4.78, 5) is 26.2. The van der Waals surface area contributed by atoms with Gasteiger partial charge in [-0.1, -0.05) is 11.8 Å². The minimum atomic E-state index is -0.210. The molecule has 2 aromatic heterocycles. The highest BCUT2D eigenvalue weighted by atomic mass is 32.2. The summed E-state index contributed by atoms with van der Waals surface area (Å²) >= 11 is 1.44. The van der Waals surface area contributed by atoms with Crippen LogP contribution in [0, 0.1) is 0 Å². The number of likely N-dealkylation sites (N-methyl/N-ethyl adjacent to an activating group) is 1. The predicted octanol–water partition coefficient (Wildman–Crippen LogP) is 0.964. The fourth-order valence-corrected chi connectivity index (χ4v) is 3.77. The van der Waals surface area contributed by atoms with E-state index in [0.29, 0.717) is 24.1 Å². The molecule has 27 heavy (non-hydrogen) atoms. The van der Waals surface area contributed by atoms with Crippen molar-refractivity contribution in [2.75, 3.05) is 52.3 Å². The molecule has 2 aromatic rings. The van der Waals surface area contributed by atoms with E-state index in [1.807, 2.05) is 6.92 Å². The van der Waals surface area contributed by atoms with Crippen LogP contribution in [0.3, 0.4) is 0 Å². The topological polar surface area (TPSA) is 88.4 Å². The quantitative estimate of drug-likeness (QED) is 0.779. The monoisotopic (exact) mass is 391 g/mol. The molecule has 1 saturated heterocycles. The first-order valence-electron chi connectivity index (χ1n) is 8.88. The first-order valence-corrected chi connectivity index (χ1v) is 9.69. The van der Waals surface area contributed by atoms with Crippen LogP contribution in [-0.2, 0) is 6.54 Å². The summed E-state index contributed by atoms with van der Waals surface area (Å²) in [6.45, 7) is 6.39. The highest BCUT2D eigenvalue weighted by Crippen LogP contribution is 2.34. The summed E-state index contributed by atoms with van der Waals surface area (Å²) in [6.07, 6.45) is 1.77. The molecule has 0 radical (unpaired) electrons. The largest absolute Gasteiger partial charge is 0.480 e. The van der Waals surface area contributed by atoms with Crippen molar-refractivity contribution >= 4 is 23.6 Å². The summed E-state index contributed by atoms with van der Waals surface area (Å²) in [5.74, 6) is 0.992. The molecule has 10 heteroatoms. The Balaban J connectivity index is 1.83. The predicted molar refractivity (Wildman–Crippen MR) is 104 cm³/mol. The van der Waals surface area contributed by atoms with Crippen molar-refractivity contribution in [2.24, 2.45) is 0 Å². The molecule has 0 saturated carbocycles. The lowest BCUT2D eigenvalue weighted by Crippen LogP contribution is -2.45. The van der Waals surface area contributed by atoms with E-state index in [1.54, 1.807) is 31.1 Å². The Labute approximate surface area is 163 Å². The molecule has 0 aliphatic carbocycles. The van der Waals surface area contributed by atoms with Crippen molar-refractivity contribution in [1.82, 2.24) is 30.0 Å². The number of amides is 1. The molecule has 0 spiro atoms. The molecule has 1 amide bonds. The van der Waals surface area contributed by atoms with E-state index in [4.69, 9.17) is 4.74 Å². The average Bonchev–Trinajstić information content (AvgIpc) is 3.11. The molecule has 1 aliphatic rings. The third-order valence-corrected chi connectivity index (χ3v) is 5.44. The second-order valence-corrected chi connectivity index (χ2v) is 7.26. The molecule has 0 bridgehead atoms. The van der Waals surface area contributed by atoms with Gasteiger partial charge >= 0.3 is 0 Å². The molecule has 1 N–H and O–H groups in total. The van der Waals surface area contributed by atoms with E-state index in [1.165, 1.54) is 11.8 Å². The number of anilines is 1. The van der Waals surface area contributed by atoms with Gasteiger partial charge < -0.3 is 19.9 Å². The number of ether oxygens (including phenoxy) is 1. The lowest BCUT2D eigenvalue weighted by molar-refractivity contribution is 0.0957. The van der Waals surface area contributed by atoms with Crippen molar-refractivity contribution in [3.63, 3.8) is 0 Å². The fourth-order valence-electron chi connectivity index (χ4n) is 2.78. The molecular formula is C17H25N7O2S. The van der Waals surface area contributed by atoms with Crippen LogP contribution in [0.2, 0.25) is 0 Å². The molecular weight excluding hydrogens is 366 g/mol. The molecule has 1 aliphatic heterocycles. The summed E-state index contributed by atoms with van der Waals surface area (Å²) in [5, 5.41) is 7.77. The number of aryl methyl sites for hydroxylation is 1. The number of methoxy groups -OCH3 is 1. The average molecular weight is 392 g/mol. The SMILES string of the molecule is CCn1nc(C(=O)NC)cc1Sc1cnc(N2CCN(C)CC2)nc1OC. The van der Waals surface area contributed by atoms with E-state index in [0.717, 1.165) is 36.1 Å². The molecule has 0 unspecified atom stereocenters. The Bertz CT molecular complexity index is 803. The van der Waals surface area contributed by atoms with Gasteiger partial charge in [0.1, 0.15) is 0 Å². The molecule has 9 nitrogen and oxygen atoms in total. The van der Waals surface area contributed by atoms with E-state index >= 15 is 0 Å². The standard InChI is InChI=1S/C17H25N7O2S/c1-5-24-14(10-12(21-24)15(25)18-2)27-13-11-19-17(20-16(13)26-4)23-8-6-22(3)7-9-23/h10-11H,5-9H2,1-4H3,(H,18,25). The van der Waals surface area contributed by atoms with Gasteiger partial charge in [0.05, 0.1) is 23.2 Å². The third-order valence-electron chi connectivity index (χ3n) is 4.41. The Morgan fingerprint density at radius 3 is 2.70 bits per heavy atom. The van der Waals surface area contributed by atoms with Crippen LogP contribution in [0.4, 0.5) is 5.95 Å². The van der Waals surface area contributed by atoms with E-state index in [9.17, 15) is 4.79 Å². The highest BCUT2D eigenvalue weighted by Gasteiger charge is 2.20. The van der Waals surface area contributed by atoms with E-state index in [2.05, 4.69) is 37.2 Å². The van der Waals surface area contributed by atoms with E-state index < -0.39 is 0 Å². The first kappa shape index (κ1) is 19.4. The Morgan fingerprint density at radius 1 is 1.33 bits per heavy atom. The summed E-state index contributed by atoms with van der Waals surface area (Å²) in [5.41, 5.74) is 0.385. The molecule has 3 rings (SSSR count). The van der Waals surface area contributed by atoms with Gasteiger partial charge in [-0.3, -0.25) is 9.48 Å². The minimum Gasteiger partial charge on any atom is -0.480 e. The number of rotatable bonds is 6. The van der Waals surface area contributed by atoms with Crippen LogP contribution in [0.5, 0.6) is 5.88 Å². The summed E-state index contributed by atoms with van der Waals surface area (Å²) in [7, 11) is 5.31. The number of nitrogens with zero attached hydrogens (tertiary/aromatic N) is 6. The first-order chi connectivity index (χ1) is 13.0. The lowest BCUT2D eigenvalue weighted by atomic mass is 10.3. The number of carbonyl (C=O) groups excluding carboxylic acids is 1. The zero-order chi connectivity index (χ0) is 19.4. The van der Waals surface area contributed by atoms with Gasteiger partial charge in [-0.15, -0.1) is 0 Å². The van der Waals surface area contributed by atoms with Crippen molar-refractivity contribution < 1.29 is 9.53 Å². The molecule has 3 heterocycles. The van der Waals surface area contributed by atoms with Crippen molar-refractivity contribution in [3.8, 4) is 5.88 Å². The normalized spacial score (nSPS) is 15.0. The number of hydrogen-bond acceptors (Lipinski definition) is 8.